The van der Waals surface area contributed by atoms with Crippen LogP contribution >= 0.6 is 47.8 Å². The minimum absolute atomic E-state index is 0.175. The molecule has 1 aromatic rings. The summed E-state index contributed by atoms with van der Waals surface area (Å²) < 4.78 is 14.0. The molecule has 0 saturated heterocycles. The van der Waals surface area contributed by atoms with Crippen LogP contribution in [0.5, 0.6) is 0 Å². The van der Waals surface area contributed by atoms with Crippen LogP contribution in [0.4, 0.5) is 4.39 Å². The third-order valence-corrected chi connectivity index (χ3v) is 6.11. The molecule has 0 fully saturated rings. The van der Waals surface area contributed by atoms with Gasteiger partial charge in [-0.2, -0.15) is 0 Å². The Hall–Kier alpha value is 0.590. The summed E-state index contributed by atoms with van der Waals surface area (Å²) in [5.41, 5.74) is 1.34. The first kappa shape index (κ1) is 16.6. The topological polar surface area (TPSA) is 0 Å². The molecular formula is C14H18Br3F. The Morgan fingerprint density at radius 3 is 2.28 bits per heavy atom. The molecular weight excluding hydrogens is 427 g/mol. The van der Waals surface area contributed by atoms with Gasteiger partial charge in [0.1, 0.15) is 5.82 Å². The van der Waals surface area contributed by atoms with Gasteiger partial charge < -0.3 is 0 Å². The fourth-order valence-corrected chi connectivity index (χ4v) is 4.52. The highest BCUT2D eigenvalue weighted by Crippen LogP contribution is 2.36. The fourth-order valence-electron chi connectivity index (χ4n) is 2.25. The van der Waals surface area contributed by atoms with E-state index in [2.05, 4.69) is 61.6 Å². The SMILES string of the molecule is CC(C)CC(CBr)(CBr)Cc1ccc(F)cc1Br. The summed E-state index contributed by atoms with van der Waals surface area (Å²) in [5.74, 6) is 0.442. The van der Waals surface area contributed by atoms with Crippen molar-refractivity contribution < 1.29 is 4.39 Å². The molecule has 0 amide bonds. The van der Waals surface area contributed by atoms with Gasteiger partial charge in [-0.25, -0.2) is 4.39 Å². The van der Waals surface area contributed by atoms with E-state index in [0.717, 1.165) is 33.5 Å². The van der Waals surface area contributed by atoms with Crippen LogP contribution in [0.25, 0.3) is 0 Å². The summed E-state index contributed by atoms with van der Waals surface area (Å²) in [5, 5.41) is 1.88. The molecule has 0 aliphatic rings. The molecule has 0 unspecified atom stereocenters. The summed E-state index contributed by atoms with van der Waals surface area (Å²) in [7, 11) is 0. The van der Waals surface area contributed by atoms with Crippen molar-refractivity contribution in [3.05, 3.63) is 34.1 Å². The van der Waals surface area contributed by atoms with Crippen LogP contribution in [-0.2, 0) is 6.42 Å². The summed E-state index contributed by atoms with van der Waals surface area (Å²) in [6.07, 6.45) is 2.07. The van der Waals surface area contributed by atoms with Gasteiger partial charge in [-0.15, -0.1) is 0 Å². The molecule has 0 heterocycles. The Kier molecular flexibility index (Phi) is 6.84. The van der Waals surface area contributed by atoms with Crippen molar-refractivity contribution in [2.45, 2.75) is 26.7 Å². The van der Waals surface area contributed by atoms with Crippen LogP contribution in [0.15, 0.2) is 22.7 Å². The van der Waals surface area contributed by atoms with Crippen molar-refractivity contribution in [2.24, 2.45) is 11.3 Å². The average Bonchev–Trinajstić information content (AvgIpc) is 2.31. The summed E-state index contributed by atoms with van der Waals surface area (Å²) in [4.78, 5) is 0. The van der Waals surface area contributed by atoms with E-state index in [9.17, 15) is 4.39 Å². The molecule has 0 aliphatic heterocycles. The average molecular weight is 445 g/mol. The lowest BCUT2D eigenvalue weighted by molar-refractivity contribution is 0.304. The number of rotatable bonds is 6. The Balaban J connectivity index is 2.95. The molecule has 0 bridgehead atoms. The lowest BCUT2D eigenvalue weighted by atomic mass is 9.79. The Bertz CT molecular complexity index is 387. The van der Waals surface area contributed by atoms with E-state index >= 15 is 0 Å². The van der Waals surface area contributed by atoms with Crippen molar-refractivity contribution >= 4 is 47.8 Å². The van der Waals surface area contributed by atoms with E-state index in [1.54, 1.807) is 0 Å². The molecule has 0 nitrogen and oxygen atoms in total. The second-order valence-corrected chi connectivity index (χ2v) is 7.25. The Labute approximate surface area is 134 Å². The molecule has 1 rings (SSSR count). The van der Waals surface area contributed by atoms with E-state index in [1.165, 1.54) is 12.1 Å². The summed E-state index contributed by atoms with van der Waals surface area (Å²) in [6, 6.07) is 4.94. The van der Waals surface area contributed by atoms with Crippen LogP contribution in [0.2, 0.25) is 0 Å². The standard InChI is InChI=1S/C14H18Br3F/c1-10(2)6-14(8-15,9-16)7-11-3-4-12(18)5-13(11)17/h3-5,10H,6-9H2,1-2H3. The lowest BCUT2D eigenvalue weighted by Crippen LogP contribution is -2.29. The van der Waals surface area contributed by atoms with Crippen molar-refractivity contribution in [2.75, 3.05) is 10.7 Å². The van der Waals surface area contributed by atoms with E-state index in [-0.39, 0.29) is 11.2 Å². The first-order chi connectivity index (χ1) is 8.42. The molecule has 0 radical (unpaired) electrons. The number of halogens is 4. The fraction of sp³-hybridized carbons (Fsp3) is 0.571. The van der Waals surface area contributed by atoms with Gasteiger partial charge in [0, 0.05) is 15.1 Å². The minimum atomic E-state index is -0.197. The predicted molar refractivity (Wildman–Crippen MR) is 87.3 cm³/mol. The van der Waals surface area contributed by atoms with Gasteiger partial charge in [0.25, 0.3) is 0 Å². The maximum atomic E-state index is 13.1. The third-order valence-electron chi connectivity index (χ3n) is 2.99. The van der Waals surface area contributed by atoms with Gasteiger partial charge in [0.15, 0.2) is 0 Å². The van der Waals surface area contributed by atoms with Crippen LogP contribution in [0.3, 0.4) is 0 Å². The zero-order chi connectivity index (χ0) is 13.8. The lowest BCUT2D eigenvalue weighted by Gasteiger charge is -2.32. The molecule has 4 heteroatoms. The number of hydrogen-bond acceptors (Lipinski definition) is 0. The van der Waals surface area contributed by atoms with E-state index in [4.69, 9.17) is 0 Å². The first-order valence-corrected chi connectivity index (χ1v) is 9.02. The minimum Gasteiger partial charge on any atom is -0.207 e. The molecule has 0 atom stereocenters. The molecule has 18 heavy (non-hydrogen) atoms. The Morgan fingerprint density at radius 1 is 1.22 bits per heavy atom. The van der Waals surface area contributed by atoms with E-state index < -0.39 is 0 Å². The van der Waals surface area contributed by atoms with Gasteiger partial charge in [-0.1, -0.05) is 67.7 Å². The molecule has 0 aromatic heterocycles. The molecule has 0 saturated carbocycles. The maximum Gasteiger partial charge on any atom is 0.124 e. The highest BCUT2D eigenvalue weighted by Gasteiger charge is 2.29. The van der Waals surface area contributed by atoms with Gasteiger partial charge in [-0.3, -0.25) is 0 Å². The molecule has 0 spiro atoms. The number of alkyl halides is 2. The molecule has 102 valence electrons. The van der Waals surface area contributed by atoms with Crippen molar-refractivity contribution in [1.29, 1.82) is 0 Å². The second-order valence-electron chi connectivity index (χ2n) is 5.28. The summed E-state index contributed by atoms with van der Waals surface area (Å²) >= 11 is 10.7. The molecule has 0 N–H and O–H groups in total. The van der Waals surface area contributed by atoms with Crippen LogP contribution < -0.4 is 0 Å². The van der Waals surface area contributed by atoms with E-state index in [0.29, 0.717) is 5.92 Å². The highest BCUT2D eigenvalue weighted by molar-refractivity contribution is 9.10. The van der Waals surface area contributed by atoms with Gasteiger partial charge >= 0.3 is 0 Å². The highest BCUT2D eigenvalue weighted by atomic mass is 79.9. The predicted octanol–water partition coefficient (Wildman–Crippen LogP) is 5.95. The van der Waals surface area contributed by atoms with Crippen LogP contribution in [-0.4, -0.2) is 10.7 Å². The number of benzene rings is 1. The van der Waals surface area contributed by atoms with Gasteiger partial charge in [0.2, 0.25) is 0 Å². The van der Waals surface area contributed by atoms with Gasteiger partial charge in [-0.05, 0) is 41.9 Å². The zero-order valence-electron chi connectivity index (χ0n) is 10.6. The van der Waals surface area contributed by atoms with Gasteiger partial charge in [0.05, 0.1) is 0 Å². The first-order valence-electron chi connectivity index (χ1n) is 5.98. The summed E-state index contributed by atoms with van der Waals surface area (Å²) in [6.45, 7) is 4.47. The smallest absolute Gasteiger partial charge is 0.124 e. The molecule has 0 aliphatic carbocycles. The van der Waals surface area contributed by atoms with Crippen molar-refractivity contribution in [3.8, 4) is 0 Å². The van der Waals surface area contributed by atoms with Crippen LogP contribution in [0.1, 0.15) is 25.8 Å². The maximum absolute atomic E-state index is 13.1. The zero-order valence-corrected chi connectivity index (χ0v) is 15.4. The third kappa shape index (κ3) is 4.61. The number of hydrogen-bond donors (Lipinski definition) is 0. The Morgan fingerprint density at radius 2 is 1.83 bits per heavy atom. The van der Waals surface area contributed by atoms with Crippen LogP contribution in [0, 0.1) is 17.2 Å². The quantitative estimate of drug-likeness (QED) is 0.475. The second kappa shape index (κ2) is 7.39. The van der Waals surface area contributed by atoms with Crippen molar-refractivity contribution in [3.63, 3.8) is 0 Å². The van der Waals surface area contributed by atoms with Crippen molar-refractivity contribution in [1.82, 2.24) is 0 Å². The normalized spacial score (nSPS) is 12.2. The van der Waals surface area contributed by atoms with E-state index in [1.807, 2.05) is 6.07 Å². The molecule has 1 aromatic carbocycles. The monoisotopic (exact) mass is 442 g/mol. The largest absolute Gasteiger partial charge is 0.207 e.